The van der Waals surface area contributed by atoms with Crippen LogP contribution in [0, 0.1) is 0 Å². The summed E-state index contributed by atoms with van der Waals surface area (Å²) in [7, 11) is -7.29. The summed E-state index contributed by atoms with van der Waals surface area (Å²) in [5, 5.41) is -6.40. The molecule has 0 aliphatic rings. The molecule has 6 nitrogen and oxygen atoms in total. The van der Waals surface area contributed by atoms with Crippen molar-refractivity contribution in [3.63, 3.8) is 0 Å². The molecule has 41 heavy (non-hydrogen) atoms. The van der Waals surface area contributed by atoms with Crippen LogP contribution >= 0.6 is 23.2 Å². The molecule has 0 aliphatic heterocycles. The first-order valence-corrected chi connectivity index (χ1v) is 12.4. The van der Waals surface area contributed by atoms with Gasteiger partial charge in [-0.05, 0) is 66.7 Å². The largest absolute Gasteiger partial charge is 1.00 e. The maximum absolute atomic E-state index is 14.2. The zero-order valence-electron chi connectivity index (χ0n) is 20.0. The summed E-state index contributed by atoms with van der Waals surface area (Å²) in [6.07, 6.45) is -13.2. The molecule has 0 N–H and O–H groups in total. The normalized spacial score (nSPS) is 13.0. The first-order chi connectivity index (χ1) is 18.2. The number of benzene rings is 3. The Morgan fingerprint density at radius 2 is 1.24 bits per heavy atom. The number of rotatable bonds is 10. The monoisotopic (exact) mass is 676 g/mol. The Labute approximate surface area is 278 Å². The Kier molecular flexibility index (Phi) is 11.1. The predicted octanol–water partition coefficient (Wildman–Crippen LogP) is 4.45. The van der Waals surface area contributed by atoms with Crippen LogP contribution < -0.4 is 56.1 Å². The van der Waals surface area contributed by atoms with Crippen LogP contribution in [-0.4, -0.2) is 36.2 Å². The Balaban J connectivity index is 0.00000588. The maximum Gasteiger partial charge on any atom is 1.00 e. The summed E-state index contributed by atoms with van der Waals surface area (Å²) in [5.74, 6) is -6.44. The van der Waals surface area contributed by atoms with Crippen LogP contribution in [-0.2, 0) is 20.8 Å². The van der Waals surface area contributed by atoms with Crippen LogP contribution in [0.3, 0.4) is 0 Å². The first kappa shape index (κ1) is 35.9. The zero-order chi connectivity index (χ0) is 30.3. The number of halogens is 10. The summed E-state index contributed by atoms with van der Waals surface area (Å²) in [4.78, 5) is 12.6. The molecule has 0 aromatic heterocycles. The van der Waals surface area contributed by atoms with Crippen molar-refractivity contribution in [2.24, 2.45) is 0 Å². The van der Waals surface area contributed by atoms with E-state index in [-0.39, 0.29) is 96.2 Å². The van der Waals surface area contributed by atoms with Crippen LogP contribution in [0.2, 0.25) is 10.0 Å². The van der Waals surface area contributed by atoms with Gasteiger partial charge in [0.1, 0.15) is 11.5 Å². The van der Waals surface area contributed by atoms with E-state index >= 15 is 0 Å². The molecule has 0 bridgehead atoms. The summed E-state index contributed by atoms with van der Waals surface area (Å²) in [6.45, 7) is 0. The molecule has 3 aromatic carbocycles. The van der Waals surface area contributed by atoms with Gasteiger partial charge in [-0.25, -0.2) is 13.2 Å². The standard InChI is InChI=1S/C23H12Cl2F8O6S.K/c24-14-5-10-18(25)17(11-14)19(34)12-1-6-15(7-2-12)38-16-8-3-13(4-9-16)20(26,27)21(28,29)39-22(30,31)23(32,33)40(35,36)37;/h1-11H,(H,35,36,37);/q;+1/p-1. The number of hydrogen-bond acceptors (Lipinski definition) is 6. The maximum atomic E-state index is 14.2. The number of ether oxygens (including phenoxy) is 2. The van der Waals surface area contributed by atoms with Crippen LogP contribution in [0.15, 0.2) is 66.7 Å². The molecule has 18 heteroatoms. The van der Waals surface area contributed by atoms with E-state index in [1.165, 1.54) is 42.5 Å². The Hall–Kier alpha value is -1.34. The van der Waals surface area contributed by atoms with Gasteiger partial charge in [0.25, 0.3) is 0 Å². The molecule has 0 atom stereocenters. The second kappa shape index (κ2) is 12.7. The fourth-order valence-corrected chi connectivity index (χ4v) is 3.68. The van der Waals surface area contributed by atoms with E-state index in [1.54, 1.807) is 0 Å². The topological polar surface area (TPSA) is 92.7 Å². The summed E-state index contributed by atoms with van der Waals surface area (Å²) in [6, 6.07) is 11.3. The van der Waals surface area contributed by atoms with Gasteiger partial charge >= 0.3 is 74.8 Å². The van der Waals surface area contributed by atoms with Crippen LogP contribution in [0.25, 0.3) is 0 Å². The van der Waals surface area contributed by atoms with Gasteiger partial charge in [0, 0.05) is 21.7 Å². The molecule has 0 radical (unpaired) electrons. The average Bonchev–Trinajstić information content (AvgIpc) is 2.84. The van der Waals surface area contributed by atoms with Crippen molar-refractivity contribution in [1.82, 2.24) is 0 Å². The van der Waals surface area contributed by atoms with Gasteiger partial charge in [0.05, 0.1) is 5.02 Å². The zero-order valence-corrected chi connectivity index (χ0v) is 25.4. The molecule has 3 aromatic rings. The molecule has 0 saturated heterocycles. The molecule has 0 saturated carbocycles. The predicted molar refractivity (Wildman–Crippen MR) is 122 cm³/mol. The minimum atomic E-state index is -7.29. The molecule has 3 rings (SSSR count). The van der Waals surface area contributed by atoms with Gasteiger partial charge in [-0.3, -0.25) is 4.79 Å². The van der Waals surface area contributed by atoms with Gasteiger partial charge in [-0.2, -0.15) is 35.1 Å². The molecule has 216 valence electrons. The molecule has 0 fully saturated rings. The van der Waals surface area contributed by atoms with Gasteiger partial charge in [-0.15, -0.1) is 0 Å². The quantitative estimate of drug-likeness (QED) is 0.136. The van der Waals surface area contributed by atoms with Crippen molar-refractivity contribution in [3.8, 4) is 11.5 Å². The van der Waals surface area contributed by atoms with E-state index in [9.17, 15) is 52.9 Å². The van der Waals surface area contributed by atoms with Crippen LogP contribution in [0.4, 0.5) is 35.1 Å². The van der Waals surface area contributed by atoms with E-state index < -0.39 is 44.9 Å². The van der Waals surface area contributed by atoms with Gasteiger partial charge < -0.3 is 9.29 Å². The molecule has 0 amide bonds. The van der Waals surface area contributed by atoms with Gasteiger partial charge in [0.15, 0.2) is 15.9 Å². The van der Waals surface area contributed by atoms with E-state index in [0.29, 0.717) is 12.1 Å². The summed E-state index contributed by atoms with van der Waals surface area (Å²) < 4.78 is 148. The summed E-state index contributed by atoms with van der Waals surface area (Å²) in [5.41, 5.74) is -1.47. The second-order valence-corrected chi connectivity index (χ2v) is 10.0. The Morgan fingerprint density at radius 1 is 0.756 bits per heavy atom. The van der Waals surface area contributed by atoms with E-state index in [0.717, 1.165) is 0 Å². The fraction of sp³-hybridized carbons (Fsp3) is 0.174. The van der Waals surface area contributed by atoms with Crippen molar-refractivity contribution in [3.05, 3.63) is 93.5 Å². The number of hydrogen-bond donors (Lipinski definition) is 0. The fourth-order valence-electron chi connectivity index (χ4n) is 2.97. The van der Waals surface area contributed by atoms with E-state index in [2.05, 4.69) is 4.74 Å². The van der Waals surface area contributed by atoms with Crippen molar-refractivity contribution in [1.29, 1.82) is 0 Å². The second-order valence-electron chi connectivity index (χ2n) is 7.79. The van der Waals surface area contributed by atoms with Crippen molar-refractivity contribution in [2.45, 2.75) is 23.4 Å². The number of carbonyl (C=O) groups is 1. The minimum absolute atomic E-state index is 0. The molecular weight excluding hydrogens is 666 g/mol. The van der Waals surface area contributed by atoms with Crippen LogP contribution in [0.1, 0.15) is 21.5 Å². The molecular formula is C23H11Cl2F8KO6S. The third-order valence-electron chi connectivity index (χ3n) is 5.02. The smallest absolute Gasteiger partial charge is 0.743 e. The van der Waals surface area contributed by atoms with Crippen molar-refractivity contribution >= 4 is 39.1 Å². The van der Waals surface area contributed by atoms with Crippen molar-refractivity contribution in [2.75, 3.05) is 0 Å². The van der Waals surface area contributed by atoms with Crippen LogP contribution in [0.5, 0.6) is 11.5 Å². The molecule has 0 unspecified atom stereocenters. The third-order valence-corrected chi connectivity index (χ3v) is 6.45. The Bertz CT molecular complexity index is 1520. The Morgan fingerprint density at radius 3 is 1.73 bits per heavy atom. The summed E-state index contributed by atoms with van der Waals surface area (Å²) >= 11 is 11.9. The minimum Gasteiger partial charge on any atom is -0.743 e. The van der Waals surface area contributed by atoms with E-state index in [4.69, 9.17) is 27.9 Å². The first-order valence-electron chi connectivity index (χ1n) is 10.2. The van der Waals surface area contributed by atoms with E-state index in [1.807, 2.05) is 0 Å². The molecule has 0 aliphatic carbocycles. The number of carbonyl (C=O) groups excluding carboxylic acids is 1. The third kappa shape index (κ3) is 7.60. The average molecular weight is 677 g/mol. The number of alkyl halides is 8. The van der Waals surface area contributed by atoms with Crippen molar-refractivity contribution < 1.29 is 114 Å². The van der Waals surface area contributed by atoms with Gasteiger partial charge in [-0.1, -0.05) is 23.2 Å². The number of ketones is 1. The SMILES string of the molecule is O=C(c1ccc(Oc2ccc(C(F)(F)C(F)(F)OC(F)(F)C(F)(F)S(=O)(=O)[O-])cc2)cc1)c1cc(Cl)ccc1Cl.[K+]. The van der Waals surface area contributed by atoms with Gasteiger partial charge in [0.2, 0.25) is 0 Å². The molecule has 0 spiro atoms. The molecule has 0 heterocycles.